The molecule has 0 N–H and O–H groups in total. The van der Waals surface area contributed by atoms with Gasteiger partial charge in [-0.15, -0.1) is 5.54 Å². The normalized spacial score (nSPS) is 21.6. The van der Waals surface area contributed by atoms with Gasteiger partial charge in [-0.05, 0) is 72.9 Å². The zero-order chi connectivity index (χ0) is 38.5. The molecule has 9 nitrogen and oxygen atoms in total. The standard InChI is InChI=1S/C42H52F2N4O5Si/c1-25(2)54(26(3)4,27(5)6)17-13-32-34(44)11-10-29-18-31(52-24-50-8)19-33(37(29)32)36-20-35-38(40(49)53-36)39(48-16-12-28(48)7)46-41(45-35)51-23-42-14-9-15-47(42)22-30(43)21-42/h10-11,18-20,25-28,30H,9,12,14-16,21-24H2,1-8H3/t28-,30-,42+/m1/s1. The van der Waals surface area contributed by atoms with Crippen LogP contribution < -0.4 is 20.0 Å². The van der Waals surface area contributed by atoms with E-state index in [0.29, 0.717) is 69.6 Å². The molecule has 0 aliphatic carbocycles. The summed E-state index contributed by atoms with van der Waals surface area (Å²) in [5.41, 5.74) is 4.72. The van der Waals surface area contributed by atoms with Crippen molar-refractivity contribution in [3.05, 3.63) is 52.1 Å². The number of alkyl halides is 1. The minimum atomic E-state index is -2.25. The minimum absolute atomic E-state index is 0.0147. The summed E-state index contributed by atoms with van der Waals surface area (Å²) in [6, 6.07) is 8.62. The highest BCUT2D eigenvalue weighted by Gasteiger charge is 2.49. The van der Waals surface area contributed by atoms with Gasteiger partial charge in [0, 0.05) is 49.7 Å². The van der Waals surface area contributed by atoms with Crippen molar-refractivity contribution < 1.29 is 27.4 Å². The Morgan fingerprint density at radius 1 is 1.04 bits per heavy atom. The molecule has 288 valence electrons. The molecule has 0 radical (unpaired) electrons. The van der Waals surface area contributed by atoms with Gasteiger partial charge < -0.3 is 23.5 Å². The lowest BCUT2D eigenvalue weighted by Crippen LogP contribution is -2.47. The molecule has 2 aromatic carbocycles. The lowest BCUT2D eigenvalue weighted by Gasteiger charge is -2.40. The third-order valence-electron chi connectivity index (χ3n) is 12.3. The fourth-order valence-corrected chi connectivity index (χ4v) is 14.7. The number of rotatable bonds is 11. The second-order valence-electron chi connectivity index (χ2n) is 16.4. The van der Waals surface area contributed by atoms with Crippen LogP contribution in [0.5, 0.6) is 11.8 Å². The molecule has 2 aromatic heterocycles. The third kappa shape index (κ3) is 6.66. The van der Waals surface area contributed by atoms with Crippen LogP contribution in [0, 0.1) is 17.3 Å². The molecule has 12 heteroatoms. The molecule has 3 aliphatic heterocycles. The Kier molecular flexibility index (Phi) is 10.5. The molecule has 7 rings (SSSR count). The van der Waals surface area contributed by atoms with Crippen molar-refractivity contribution in [2.75, 3.05) is 45.0 Å². The molecular formula is C42H52F2N4O5Si. The van der Waals surface area contributed by atoms with E-state index in [0.717, 1.165) is 25.8 Å². The number of nitrogens with zero attached hydrogens (tertiary/aromatic N) is 4. The van der Waals surface area contributed by atoms with Gasteiger partial charge in [0.15, 0.2) is 12.6 Å². The van der Waals surface area contributed by atoms with Crippen molar-refractivity contribution >= 4 is 35.6 Å². The number of anilines is 1. The predicted octanol–water partition coefficient (Wildman–Crippen LogP) is 8.65. The fraction of sp³-hybridized carbons (Fsp3) is 0.548. The number of hydrogen-bond acceptors (Lipinski definition) is 9. The van der Waals surface area contributed by atoms with E-state index in [2.05, 4.69) is 64.8 Å². The van der Waals surface area contributed by atoms with E-state index in [1.165, 1.54) is 13.2 Å². The Labute approximate surface area is 317 Å². The van der Waals surface area contributed by atoms with E-state index in [1.54, 1.807) is 18.2 Å². The molecule has 0 unspecified atom stereocenters. The van der Waals surface area contributed by atoms with Gasteiger partial charge in [0.2, 0.25) is 0 Å². The largest absolute Gasteiger partial charge is 0.468 e. The first-order chi connectivity index (χ1) is 25.8. The molecule has 5 heterocycles. The van der Waals surface area contributed by atoms with Gasteiger partial charge in [-0.2, -0.15) is 9.97 Å². The zero-order valence-corrected chi connectivity index (χ0v) is 33.7. The van der Waals surface area contributed by atoms with Gasteiger partial charge in [0.25, 0.3) is 0 Å². The second kappa shape index (κ2) is 14.9. The van der Waals surface area contributed by atoms with Crippen LogP contribution in [-0.2, 0) is 4.74 Å². The highest BCUT2D eigenvalue weighted by atomic mass is 28.3. The minimum Gasteiger partial charge on any atom is -0.468 e. The number of ether oxygens (including phenoxy) is 3. The fourth-order valence-electron chi connectivity index (χ4n) is 9.48. The maximum Gasteiger partial charge on any atom is 0.349 e. The molecule has 3 atom stereocenters. The van der Waals surface area contributed by atoms with Gasteiger partial charge in [-0.25, -0.2) is 13.6 Å². The Morgan fingerprint density at radius 2 is 1.80 bits per heavy atom. The summed E-state index contributed by atoms with van der Waals surface area (Å²) < 4.78 is 54.3. The molecule has 0 amide bonds. The van der Waals surface area contributed by atoms with E-state index in [-0.39, 0.29) is 42.2 Å². The van der Waals surface area contributed by atoms with E-state index in [1.807, 2.05) is 11.0 Å². The number of benzene rings is 2. The van der Waals surface area contributed by atoms with E-state index in [4.69, 9.17) is 28.6 Å². The molecule has 0 bridgehead atoms. The number of halogens is 2. The van der Waals surface area contributed by atoms with Crippen molar-refractivity contribution in [3.8, 4) is 34.5 Å². The predicted molar refractivity (Wildman–Crippen MR) is 211 cm³/mol. The Morgan fingerprint density at radius 3 is 2.46 bits per heavy atom. The number of fused-ring (bicyclic) bond motifs is 3. The van der Waals surface area contributed by atoms with Crippen LogP contribution in [0.25, 0.3) is 33.0 Å². The lowest BCUT2D eigenvalue weighted by atomic mass is 9.95. The van der Waals surface area contributed by atoms with E-state index >= 15 is 4.39 Å². The van der Waals surface area contributed by atoms with Crippen LogP contribution in [0.3, 0.4) is 0 Å². The van der Waals surface area contributed by atoms with Crippen LogP contribution in [0.2, 0.25) is 16.6 Å². The number of aromatic nitrogens is 2. The topological polar surface area (TPSA) is 90.2 Å². The van der Waals surface area contributed by atoms with Gasteiger partial charge in [-0.3, -0.25) is 4.90 Å². The molecule has 0 spiro atoms. The molecule has 0 saturated carbocycles. The second-order valence-corrected chi connectivity index (χ2v) is 22.0. The average molecular weight is 759 g/mol. The Balaban J connectivity index is 1.42. The highest BCUT2D eigenvalue weighted by Crippen LogP contribution is 2.43. The smallest absolute Gasteiger partial charge is 0.349 e. The quantitative estimate of drug-likeness (QED) is 0.0847. The zero-order valence-electron chi connectivity index (χ0n) is 32.7. The van der Waals surface area contributed by atoms with Crippen LogP contribution in [0.15, 0.2) is 39.5 Å². The van der Waals surface area contributed by atoms with Gasteiger partial charge >= 0.3 is 11.6 Å². The lowest BCUT2D eigenvalue weighted by molar-refractivity contribution is 0.0512. The Bertz CT molecular complexity index is 2160. The molecule has 3 aliphatic rings. The maximum atomic E-state index is 16.1. The van der Waals surface area contributed by atoms with Crippen LogP contribution in [0.1, 0.15) is 79.7 Å². The van der Waals surface area contributed by atoms with Crippen molar-refractivity contribution in [1.29, 1.82) is 0 Å². The van der Waals surface area contributed by atoms with Crippen molar-refractivity contribution in [1.82, 2.24) is 14.9 Å². The van der Waals surface area contributed by atoms with Gasteiger partial charge in [-0.1, -0.05) is 53.5 Å². The summed E-state index contributed by atoms with van der Waals surface area (Å²) in [4.78, 5) is 27.9. The summed E-state index contributed by atoms with van der Waals surface area (Å²) in [7, 11) is -0.719. The van der Waals surface area contributed by atoms with Gasteiger partial charge in [0.1, 0.15) is 43.6 Å². The van der Waals surface area contributed by atoms with Crippen LogP contribution in [0.4, 0.5) is 14.6 Å². The van der Waals surface area contributed by atoms with Crippen LogP contribution >= 0.6 is 0 Å². The maximum absolute atomic E-state index is 16.1. The van der Waals surface area contributed by atoms with Gasteiger partial charge in [0.05, 0.1) is 16.6 Å². The molecule has 3 saturated heterocycles. The van der Waals surface area contributed by atoms with Crippen molar-refractivity contribution in [3.63, 3.8) is 0 Å². The molecule has 54 heavy (non-hydrogen) atoms. The average Bonchev–Trinajstić information content (AvgIpc) is 3.64. The summed E-state index contributed by atoms with van der Waals surface area (Å²) in [6.45, 7) is 17.6. The third-order valence-corrected chi connectivity index (χ3v) is 18.6. The number of methoxy groups -OCH3 is 1. The first-order valence-electron chi connectivity index (χ1n) is 19.3. The molecule has 4 aromatic rings. The van der Waals surface area contributed by atoms with E-state index < -0.39 is 31.2 Å². The SMILES string of the molecule is COCOc1cc(-c2cc3nc(OC[C@@]45CCCN4C[C@H](F)C5)nc(N4CC[C@H]4C)c3c(=O)o2)c2c(C#C[Si](C(C)C)(C(C)C)C(C)C)c(F)ccc2c1. The van der Waals surface area contributed by atoms with Crippen LogP contribution in [-0.4, -0.2) is 80.8 Å². The number of hydrogen-bond donors (Lipinski definition) is 0. The summed E-state index contributed by atoms with van der Waals surface area (Å²) in [5.74, 6) is 3.97. The Hall–Kier alpha value is -4.05. The van der Waals surface area contributed by atoms with Crippen molar-refractivity contribution in [2.24, 2.45) is 0 Å². The summed E-state index contributed by atoms with van der Waals surface area (Å²) in [6.07, 6.45) is 2.30. The summed E-state index contributed by atoms with van der Waals surface area (Å²) >= 11 is 0. The van der Waals surface area contributed by atoms with E-state index in [9.17, 15) is 9.18 Å². The van der Waals surface area contributed by atoms with Crippen molar-refractivity contribution in [2.45, 2.75) is 109 Å². The highest BCUT2D eigenvalue weighted by molar-refractivity contribution is 6.90. The first kappa shape index (κ1) is 38.2. The summed E-state index contributed by atoms with van der Waals surface area (Å²) in [5, 5.41) is 1.42. The molecule has 3 fully saturated rings. The first-order valence-corrected chi connectivity index (χ1v) is 21.6. The molecular weight excluding hydrogens is 707 g/mol. The monoisotopic (exact) mass is 758 g/mol.